The van der Waals surface area contributed by atoms with E-state index in [1.807, 2.05) is 0 Å². The number of aromatic amines is 1. The van der Waals surface area contributed by atoms with Crippen LogP contribution in [0.2, 0.25) is 0 Å². The number of benzene rings is 1. The highest BCUT2D eigenvalue weighted by molar-refractivity contribution is 9.10. The van der Waals surface area contributed by atoms with Gasteiger partial charge in [0, 0.05) is 4.47 Å². The summed E-state index contributed by atoms with van der Waals surface area (Å²) in [5, 5.41) is 10.3. The highest BCUT2D eigenvalue weighted by atomic mass is 79.9. The molecule has 0 atom stereocenters. The monoisotopic (exact) mass is 282 g/mol. The molecule has 1 heterocycles. The number of aliphatic hydroxyl groups is 1. The Balaban J connectivity index is 2.80. The summed E-state index contributed by atoms with van der Waals surface area (Å²) in [6.07, 6.45) is 0. The summed E-state index contributed by atoms with van der Waals surface area (Å²) in [6.45, 7) is 3.16. The van der Waals surface area contributed by atoms with E-state index in [2.05, 4.69) is 25.9 Å². The van der Waals surface area contributed by atoms with Gasteiger partial charge in [0.1, 0.15) is 11.4 Å². The molecular weight excluding hydrogens is 272 g/mol. The first kappa shape index (κ1) is 11.3. The van der Waals surface area contributed by atoms with Crippen LogP contribution in [0.1, 0.15) is 19.7 Å². The summed E-state index contributed by atoms with van der Waals surface area (Å²) in [6, 6.07) is 5.22. The van der Waals surface area contributed by atoms with Gasteiger partial charge in [-0.15, -0.1) is 0 Å². The third-order valence-corrected chi connectivity index (χ3v) is 2.74. The van der Waals surface area contributed by atoms with E-state index in [0.29, 0.717) is 10.9 Å². The minimum absolute atomic E-state index is 0.241. The Bertz CT molecular complexity index is 599. The number of halogens is 1. The molecule has 2 rings (SSSR count). The molecule has 1 aromatic carbocycles. The first-order valence-corrected chi connectivity index (χ1v) is 5.59. The zero-order valence-corrected chi connectivity index (χ0v) is 10.5. The molecule has 0 aliphatic rings. The van der Waals surface area contributed by atoms with Gasteiger partial charge in [-0.2, -0.15) is 0 Å². The van der Waals surface area contributed by atoms with E-state index < -0.39 is 5.60 Å². The van der Waals surface area contributed by atoms with Crippen molar-refractivity contribution in [1.29, 1.82) is 0 Å². The topological polar surface area (TPSA) is 66.0 Å². The standard InChI is InChI=1S/C11H11BrN2O2/c1-11(2,16)10-13-8-5-6(12)3-4-7(8)9(15)14-10/h3-5,16H,1-2H3,(H,13,14,15). The Labute approximate surface area is 100 Å². The quantitative estimate of drug-likeness (QED) is 0.840. The van der Waals surface area contributed by atoms with Crippen molar-refractivity contribution in [3.63, 3.8) is 0 Å². The molecule has 1 aromatic heterocycles. The molecule has 0 saturated carbocycles. The molecule has 5 heteroatoms. The molecule has 0 aliphatic heterocycles. The molecule has 0 bridgehead atoms. The average Bonchev–Trinajstić information content (AvgIpc) is 2.15. The van der Waals surface area contributed by atoms with Crippen LogP contribution in [-0.2, 0) is 5.60 Å². The number of hydrogen-bond donors (Lipinski definition) is 2. The third kappa shape index (κ3) is 2.01. The van der Waals surface area contributed by atoms with Crippen LogP contribution in [-0.4, -0.2) is 15.1 Å². The molecule has 0 amide bonds. The lowest BCUT2D eigenvalue weighted by Crippen LogP contribution is -2.24. The van der Waals surface area contributed by atoms with Gasteiger partial charge in [0.15, 0.2) is 0 Å². The van der Waals surface area contributed by atoms with E-state index in [4.69, 9.17) is 0 Å². The van der Waals surface area contributed by atoms with Crippen LogP contribution in [0.4, 0.5) is 0 Å². The Hall–Kier alpha value is -1.20. The fraction of sp³-hybridized carbons (Fsp3) is 0.273. The van der Waals surface area contributed by atoms with E-state index in [1.165, 1.54) is 0 Å². The summed E-state index contributed by atoms with van der Waals surface area (Å²) in [4.78, 5) is 18.5. The lowest BCUT2D eigenvalue weighted by Gasteiger charge is -2.16. The fourth-order valence-corrected chi connectivity index (χ4v) is 1.75. The average molecular weight is 283 g/mol. The normalized spacial score (nSPS) is 12.0. The summed E-state index contributed by atoms with van der Waals surface area (Å²) >= 11 is 3.32. The molecule has 4 nitrogen and oxygen atoms in total. The van der Waals surface area contributed by atoms with Gasteiger partial charge in [-0.1, -0.05) is 15.9 Å². The Morgan fingerprint density at radius 1 is 1.44 bits per heavy atom. The second-order valence-corrected chi connectivity index (χ2v) is 5.05. The Morgan fingerprint density at radius 2 is 2.12 bits per heavy atom. The van der Waals surface area contributed by atoms with Crippen LogP contribution < -0.4 is 5.56 Å². The number of rotatable bonds is 1. The molecule has 0 spiro atoms. The van der Waals surface area contributed by atoms with Crippen LogP contribution in [0.5, 0.6) is 0 Å². The zero-order chi connectivity index (χ0) is 11.9. The first-order valence-electron chi connectivity index (χ1n) is 4.80. The second-order valence-electron chi connectivity index (χ2n) is 4.14. The maximum Gasteiger partial charge on any atom is 0.258 e. The van der Waals surface area contributed by atoms with E-state index in [-0.39, 0.29) is 11.4 Å². The van der Waals surface area contributed by atoms with Crippen molar-refractivity contribution in [3.05, 3.63) is 38.9 Å². The number of H-pyrrole nitrogens is 1. The van der Waals surface area contributed by atoms with Gasteiger partial charge in [-0.05, 0) is 32.0 Å². The lowest BCUT2D eigenvalue weighted by atomic mass is 10.1. The van der Waals surface area contributed by atoms with Crippen LogP contribution >= 0.6 is 15.9 Å². The van der Waals surface area contributed by atoms with Gasteiger partial charge < -0.3 is 10.1 Å². The van der Waals surface area contributed by atoms with Crippen molar-refractivity contribution >= 4 is 26.8 Å². The maximum absolute atomic E-state index is 11.7. The van der Waals surface area contributed by atoms with Crippen molar-refractivity contribution in [2.75, 3.05) is 0 Å². The largest absolute Gasteiger partial charge is 0.383 e. The minimum Gasteiger partial charge on any atom is -0.383 e. The van der Waals surface area contributed by atoms with E-state index >= 15 is 0 Å². The molecule has 0 radical (unpaired) electrons. The summed E-state index contributed by atoms with van der Waals surface area (Å²) in [5.74, 6) is 0.267. The molecule has 16 heavy (non-hydrogen) atoms. The molecule has 2 aromatic rings. The number of nitrogens with one attached hydrogen (secondary N) is 1. The van der Waals surface area contributed by atoms with Crippen LogP contribution in [0.25, 0.3) is 10.9 Å². The van der Waals surface area contributed by atoms with E-state index in [9.17, 15) is 9.90 Å². The van der Waals surface area contributed by atoms with Gasteiger partial charge in [0.25, 0.3) is 5.56 Å². The van der Waals surface area contributed by atoms with Gasteiger partial charge in [0.05, 0.1) is 10.9 Å². The zero-order valence-electron chi connectivity index (χ0n) is 8.91. The van der Waals surface area contributed by atoms with Crippen molar-refractivity contribution in [3.8, 4) is 0 Å². The molecule has 2 N–H and O–H groups in total. The number of nitrogens with zero attached hydrogens (tertiary/aromatic N) is 1. The number of fused-ring (bicyclic) bond motifs is 1. The molecular formula is C11H11BrN2O2. The molecule has 0 unspecified atom stereocenters. The molecule has 0 aliphatic carbocycles. The predicted molar refractivity (Wildman–Crippen MR) is 65.3 cm³/mol. The smallest absolute Gasteiger partial charge is 0.258 e. The number of aromatic nitrogens is 2. The molecule has 0 fully saturated rings. The van der Waals surface area contributed by atoms with Gasteiger partial charge in [-0.3, -0.25) is 4.79 Å². The molecule has 0 saturated heterocycles. The number of hydrogen-bond acceptors (Lipinski definition) is 3. The highest BCUT2D eigenvalue weighted by Crippen LogP contribution is 2.19. The summed E-state index contributed by atoms with van der Waals surface area (Å²) in [7, 11) is 0. The third-order valence-electron chi connectivity index (χ3n) is 2.25. The van der Waals surface area contributed by atoms with Crippen molar-refractivity contribution in [2.24, 2.45) is 0 Å². The van der Waals surface area contributed by atoms with Crippen LogP contribution in [0.3, 0.4) is 0 Å². The first-order chi connectivity index (χ1) is 7.38. The highest BCUT2D eigenvalue weighted by Gasteiger charge is 2.20. The maximum atomic E-state index is 11.7. The van der Waals surface area contributed by atoms with Crippen molar-refractivity contribution in [2.45, 2.75) is 19.4 Å². The van der Waals surface area contributed by atoms with E-state index in [1.54, 1.807) is 32.0 Å². The SMILES string of the molecule is CC(C)(O)c1nc2cc(Br)ccc2c(=O)[nH]1. The van der Waals surface area contributed by atoms with Gasteiger partial charge in [0.2, 0.25) is 0 Å². The molecule has 84 valence electrons. The fourth-order valence-electron chi connectivity index (χ4n) is 1.40. The predicted octanol–water partition coefficient (Wildman–Crippen LogP) is 1.91. The summed E-state index contributed by atoms with van der Waals surface area (Å²) in [5.41, 5.74) is -0.833. The van der Waals surface area contributed by atoms with Gasteiger partial charge >= 0.3 is 0 Å². The Morgan fingerprint density at radius 3 is 2.75 bits per heavy atom. The van der Waals surface area contributed by atoms with Crippen molar-refractivity contribution < 1.29 is 5.11 Å². The van der Waals surface area contributed by atoms with Crippen LogP contribution in [0, 0.1) is 0 Å². The van der Waals surface area contributed by atoms with Crippen molar-refractivity contribution in [1.82, 2.24) is 9.97 Å². The second kappa shape index (κ2) is 3.68. The summed E-state index contributed by atoms with van der Waals surface area (Å²) < 4.78 is 0.847. The lowest BCUT2D eigenvalue weighted by molar-refractivity contribution is 0.0688. The van der Waals surface area contributed by atoms with E-state index in [0.717, 1.165) is 4.47 Å². The minimum atomic E-state index is -1.16. The van der Waals surface area contributed by atoms with Gasteiger partial charge in [-0.25, -0.2) is 4.98 Å². The Kier molecular flexibility index (Phi) is 2.59. The van der Waals surface area contributed by atoms with Crippen LogP contribution in [0.15, 0.2) is 27.5 Å².